The fraction of sp³-hybridized carbons (Fsp3) is 1.00. The number of hydrogen-bond acceptors (Lipinski definition) is 3. The van der Waals surface area contributed by atoms with Crippen LogP contribution in [0.1, 0.15) is 32.1 Å². The Balaban J connectivity index is 1.85. The van der Waals surface area contributed by atoms with Crippen LogP contribution in [0.5, 0.6) is 0 Å². The summed E-state index contributed by atoms with van der Waals surface area (Å²) < 4.78 is 0. The molecule has 0 aromatic rings. The van der Waals surface area contributed by atoms with Crippen molar-refractivity contribution in [3.8, 4) is 0 Å². The Hall–Kier alpha value is 0.270. The summed E-state index contributed by atoms with van der Waals surface area (Å²) in [5.74, 6) is 1.29. The van der Waals surface area contributed by atoms with Gasteiger partial charge in [-0.3, -0.25) is 4.90 Å². The first-order valence-electron chi connectivity index (χ1n) is 6.31. The standard InChI is InChI=1S/C12H24N2S/c1-15-10-9-14-8-7-13-12(11-14)5-3-2-4-6-12/h13H,2-11H2,1H3. The van der Waals surface area contributed by atoms with Crippen molar-refractivity contribution in [2.75, 3.05) is 38.2 Å². The number of piperazine rings is 1. The van der Waals surface area contributed by atoms with E-state index in [1.54, 1.807) is 0 Å². The zero-order chi connectivity index (χ0) is 10.6. The first kappa shape index (κ1) is 11.7. The summed E-state index contributed by atoms with van der Waals surface area (Å²) in [6.45, 7) is 5.04. The van der Waals surface area contributed by atoms with Crippen molar-refractivity contribution in [1.82, 2.24) is 10.2 Å². The van der Waals surface area contributed by atoms with E-state index in [1.165, 1.54) is 64.0 Å². The van der Waals surface area contributed by atoms with Gasteiger partial charge in [0.2, 0.25) is 0 Å². The third-order valence-electron chi connectivity index (χ3n) is 3.88. The minimum absolute atomic E-state index is 0.495. The molecule has 1 saturated heterocycles. The maximum absolute atomic E-state index is 3.79. The van der Waals surface area contributed by atoms with Gasteiger partial charge in [0.15, 0.2) is 0 Å². The molecule has 2 fully saturated rings. The number of hydrogen-bond donors (Lipinski definition) is 1. The lowest BCUT2D eigenvalue weighted by atomic mass is 9.80. The number of nitrogens with one attached hydrogen (secondary N) is 1. The van der Waals surface area contributed by atoms with Crippen molar-refractivity contribution >= 4 is 11.8 Å². The minimum Gasteiger partial charge on any atom is -0.309 e. The average molecular weight is 228 g/mol. The molecule has 1 saturated carbocycles. The van der Waals surface area contributed by atoms with Crippen molar-refractivity contribution in [3.63, 3.8) is 0 Å². The number of nitrogens with zero attached hydrogens (tertiary/aromatic N) is 1. The SMILES string of the molecule is CSCCN1CCNC2(CCCCC2)C1. The lowest BCUT2D eigenvalue weighted by Crippen LogP contribution is -2.61. The molecular formula is C12H24N2S. The van der Waals surface area contributed by atoms with Gasteiger partial charge in [0, 0.05) is 37.5 Å². The Labute approximate surface area is 98.2 Å². The van der Waals surface area contributed by atoms with E-state index >= 15 is 0 Å². The molecule has 0 aromatic heterocycles. The van der Waals surface area contributed by atoms with Gasteiger partial charge in [-0.2, -0.15) is 11.8 Å². The quantitative estimate of drug-likeness (QED) is 0.795. The molecule has 1 heterocycles. The van der Waals surface area contributed by atoms with Crippen LogP contribution < -0.4 is 5.32 Å². The summed E-state index contributed by atoms with van der Waals surface area (Å²) >= 11 is 1.97. The smallest absolute Gasteiger partial charge is 0.0309 e. The molecule has 15 heavy (non-hydrogen) atoms. The first-order valence-corrected chi connectivity index (χ1v) is 7.70. The molecule has 1 spiro atoms. The zero-order valence-electron chi connectivity index (χ0n) is 9.93. The van der Waals surface area contributed by atoms with Crippen LogP contribution in [0.15, 0.2) is 0 Å². The van der Waals surface area contributed by atoms with Crippen LogP contribution in [-0.4, -0.2) is 48.6 Å². The molecule has 88 valence electrons. The maximum Gasteiger partial charge on any atom is 0.0309 e. The normalized spacial score (nSPS) is 27.0. The van der Waals surface area contributed by atoms with Gasteiger partial charge >= 0.3 is 0 Å². The second-order valence-electron chi connectivity index (χ2n) is 5.04. The molecule has 1 aliphatic carbocycles. The number of rotatable bonds is 3. The topological polar surface area (TPSA) is 15.3 Å². The minimum atomic E-state index is 0.495. The van der Waals surface area contributed by atoms with Gasteiger partial charge in [0.05, 0.1) is 0 Å². The molecule has 0 amide bonds. The third-order valence-corrected chi connectivity index (χ3v) is 4.47. The molecule has 1 N–H and O–H groups in total. The van der Waals surface area contributed by atoms with E-state index in [4.69, 9.17) is 0 Å². The molecule has 2 nitrogen and oxygen atoms in total. The van der Waals surface area contributed by atoms with E-state index in [0.29, 0.717) is 5.54 Å². The first-order chi connectivity index (χ1) is 7.35. The fourth-order valence-corrected chi connectivity index (χ4v) is 3.46. The molecule has 0 unspecified atom stereocenters. The van der Waals surface area contributed by atoms with E-state index < -0.39 is 0 Å². The summed E-state index contributed by atoms with van der Waals surface area (Å²) in [6.07, 6.45) is 9.34. The average Bonchev–Trinajstić information content (AvgIpc) is 2.28. The lowest BCUT2D eigenvalue weighted by Gasteiger charge is -2.46. The van der Waals surface area contributed by atoms with E-state index in [2.05, 4.69) is 16.5 Å². The Morgan fingerprint density at radius 3 is 2.80 bits per heavy atom. The highest BCUT2D eigenvalue weighted by Crippen LogP contribution is 2.30. The fourth-order valence-electron chi connectivity index (χ4n) is 3.02. The summed E-state index contributed by atoms with van der Waals surface area (Å²) in [4.78, 5) is 2.66. The second kappa shape index (κ2) is 5.55. The van der Waals surface area contributed by atoms with Crippen molar-refractivity contribution in [2.24, 2.45) is 0 Å². The van der Waals surface area contributed by atoms with E-state index in [9.17, 15) is 0 Å². The molecule has 0 atom stereocenters. The van der Waals surface area contributed by atoms with E-state index in [-0.39, 0.29) is 0 Å². The summed E-state index contributed by atoms with van der Waals surface area (Å²) in [5.41, 5.74) is 0.495. The molecule has 3 heteroatoms. The molecule has 2 rings (SSSR count). The van der Waals surface area contributed by atoms with Crippen LogP contribution in [-0.2, 0) is 0 Å². The van der Waals surface area contributed by atoms with Crippen LogP contribution in [0.2, 0.25) is 0 Å². The van der Waals surface area contributed by atoms with Crippen LogP contribution in [0, 0.1) is 0 Å². The monoisotopic (exact) mass is 228 g/mol. The molecule has 0 bridgehead atoms. The van der Waals surface area contributed by atoms with Crippen LogP contribution >= 0.6 is 11.8 Å². The van der Waals surface area contributed by atoms with Gasteiger partial charge in [-0.1, -0.05) is 19.3 Å². The number of thioether (sulfide) groups is 1. The molecule has 2 aliphatic rings. The lowest BCUT2D eigenvalue weighted by molar-refractivity contribution is 0.104. The molecule has 1 aliphatic heterocycles. The van der Waals surface area contributed by atoms with Gasteiger partial charge in [-0.25, -0.2) is 0 Å². The van der Waals surface area contributed by atoms with Gasteiger partial charge < -0.3 is 5.32 Å². The highest BCUT2D eigenvalue weighted by molar-refractivity contribution is 7.98. The molecule has 0 radical (unpaired) electrons. The van der Waals surface area contributed by atoms with E-state index in [1.807, 2.05) is 11.8 Å². The summed E-state index contributed by atoms with van der Waals surface area (Å²) in [5, 5.41) is 3.79. The van der Waals surface area contributed by atoms with Gasteiger partial charge in [0.25, 0.3) is 0 Å². The summed E-state index contributed by atoms with van der Waals surface area (Å²) in [7, 11) is 0. The van der Waals surface area contributed by atoms with Crippen LogP contribution in [0.4, 0.5) is 0 Å². The van der Waals surface area contributed by atoms with Crippen molar-refractivity contribution < 1.29 is 0 Å². The highest BCUT2D eigenvalue weighted by Gasteiger charge is 2.35. The Morgan fingerprint density at radius 1 is 1.27 bits per heavy atom. The summed E-state index contributed by atoms with van der Waals surface area (Å²) in [6, 6.07) is 0. The maximum atomic E-state index is 3.79. The second-order valence-corrected chi connectivity index (χ2v) is 6.02. The van der Waals surface area contributed by atoms with Crippen LogP contribution in [0.25, 0.3) is 0 Å². The van der Waals surface area contributed by atoms with Gasteiger partial charge in [0.1, 0.15) is 0 Å². The van der Waals surface area contributed by atoms with Crippen molar-refractivity contribution in [3.05, 3.63) is 0 Å². The molecule has 0 aromatic carbocycles. The molecular weight excluding hydrogens is 204 g/mol. The predicted octanol–water partition coefficient (Wildman–Crippen LogP) is 1.96. The van der Waals surface area contributed by atoms with Crippen molar-refractivity contribution in [2.45, 2.75) is 37.6 Å². The largest absolute Gasteiger partial charge is 0.309 e. The predicted molar refractivity (Wildman–Crippen MR) is 68.6 cm³/mol. The van der Waals surface area contributed by atoms with Gasteiger partial charge in [-0.05, 0) is 19.1 Å². The Kier molecular flexibility index (Phi) is 4.35. The van der Waals surface area contributed by atoms with E-state index in [0.717, 1.165) is 0 Å². The zero-order valence-corrected chi connectivity index (χ0v) is 10.7. The van der Waals surface area contributed by atoms with Crippen LogP contribution in [0.3, 0.4) is 0 Å². The third kappa shape index (κ3) is 3.11. The highest BCUT2D eigenvalue weighted by atomic mass is 32.2. The Bertz CT molecular complexity index is 185. The van der Waals surface area contributed by atoms with Gasteiger partial charge in [-0.15, -0.1) is 0 Å². The van der Waals surface area contributed by atoms with Crippen molar-refractivity contribution in [1.29, 1.82) is 0 Å². The Morgan fingerprint density at radius 2 is 2.07 bits per heavy atom.